The van der Waals surface area contributed by atoms with E-state index < -0.39 is 5.82 Å². The Morgan fingerprint density at radius 2 is 2.13 bits per heavy atom. The lowest BCUT2D eigenvalue weighted by Gasteiger charge is -2.27. The number of hydrogen-bond donors (Lipinski definition) is 2. The van der Waals surface area contributed by atoms with Crippen LogP contribution in [0.2, 0.25) is 0 Å². The summed E-state index contributed by atoms with van der Waals surface area (Å²) in [6.07, 6.45) is 5.67. The van der Waals surface area contributed by atoms with Crippen molar-refractivity contribution in [3.63, 3.8) is 0 Å². The Balaban J connectivity index is 1.68. The number of halogens is 1. The van der Waals surface area contributed by atoms with Crippen molar-refractivity contribution in [3.8, 4) is 17.1 Å². The zero-order valence-electron chi connectivity index (χ0n) is 16.3. The molecule has 0 fully saturated rings. The lowest BCUT2D eigenvalue weighted by molar-refractivity contribution is 0.256. The van der Waals surface area contributed by atoms with Crippen molar-refractivity contribution in [2.24, 2.45) is 0 Å². The van der Waals surface area contributed by atoms with Gasteiger partial charge in [-0.2, -0.15) is 0 Å². The second kappa shape index (κ2) is 8.68. The summed E-state index contributed by atoms with van der Waals surface area (Å²) in [4.78, 5) is 31.1. The highest BCUT2D eigenvalue weighted by Gasteiger charge is 2.23. The number of urea groups is 1. The molecule has 1 aliphatic heterocycles. The Bertz CT molecular complexity index is 1060. The Morgan fingerprint density at radius 3 is 2.97 bits per heavy atom. The van der Waals surface area contributed by atoms with Gasteiger partial charge >= 0.3 is 6.03 Å². The number of aromatic nitrogens is 4. The summed E-state index contributed by atoms with van der Waals surface area (Å²) in [6.45, 7) is 1.24. The fourth-order valence-electron chi connectivity index (χ4n) is 3.12. The Labute approximate surface area is 172 Å². The normalized spacial score (nSPS) is 13.5. The highest BCUT2D eigenvalue weighted by Crippen LogP contribution is 2.30. The molecule has 2 amide bonds. The van der Waals surface area contributed by atoms with Crippen LogP contribution in [0.15, 0.2) is 43.0 Å². The number of nitrogens with one attached hydrogen (secondary N) is 2. The van der Waals surface area contributed by atoms with Crippen LogP contribution < -0.4 is 20.3 Å². The third kappa shape index (κ3) is 4.27. The van der Waals surface area contributed by atoms with E-state index in [2.05, 4.69) is 30.6 Å². The molecular weight excluding hydrogens is 389 g/mol. The van der Waals surface area contributed by atoms with Gasteiger partial charge < -0.3 is 10.1 Å². The van der Waals surface area contributed by atoms with Gasteiger partial charge in [-0.25, -0.2) is 24.1 Å². The van der Waals surface area contributed by atoms with Crippen molar-refractivity contribution in [3.05, 3.63) is 48.8 Å². The molecular formula is C20H20FN7O2. The van der Waals surface area contributed by atoms with Crippen LogP contribution in [0.5, 0.6) is 5.88 Å². The molecule has 1 aliphatic rings. The van der Waals surface area contributed by atoms with E-state index in [0.29, 0.717) is 35.3 Å². The molecule has 30 heavy (non-hydrogen) atoms. The van der Waals surface area contributed by atoms with E-state index >= 15 is 0 Å². The third-order valence-corrected chi connectivity index (χ3v) is 4.59. The standard InChI is InChI=1S/C20H20FN7O2/c1-30-18-9-17(24-12-25-18)27-20(29)28-7-3-2-6-23-16-5-4-15(26-19(16)28)13-8-14(21)11-22-10-13/h4-5,8-12,23H,2-3,6-7H2,1H3,(H,24,25,27,29). The molecule has 9 nitrogen and oxygen atoms in total. The molecule has 4 rings (SSSR count). The molecule has 0 aromatic carbocycles. The molecule has 0 atom stereocenters. The third-order valence-electron chi connectivity index (χ3n) is 4.59. The molecule has 0 spiro atoms. The molecule has 2 N–H and O–H groups in total. The molecule has 0 saturated carbocycles. The maximum atomic E-state index is 13.6. The molecule has 3 aromatic rings. The summed E-state index contributed by atoms with van der Waals surface area (Å²) >= 11 is 0. The smallest absolute Gasteiger partial charge is 0.328 e. The molecule has 0 bridgehead atoms. The van der Waals surface area contributed by atoms with Gasteiger partial charge in [0.15, 0.2) is 5.82 Å². The number of pyridine rings is 2. The van der Waals surface area contributed by atoms with Crippen LogP contribution >= 0.6 is 0 Å². The first-order valence-electron chi connectivity index (χ1n) is 9.44. The van der Waals surface area contributed by atoms with Gasteiger partial charge in [0.25, 0.3) is 0 Å². The minimum absolute atomic E-state index is 0.314. The van der Waals surface area contributed by atoms with Crippen LogP contribution in [0.4, 0.5) is 26.5 Å². The molecule has 3 aromatic heterocycles. The van der Waals surface area contributed by atoms with Crippen molar-refractivity contribution < 1.29 is 13.9 Å². The minimum Gasteiger partial charge on any atom is -0.481 e. The van der Waals surface area contributed by atoms with E-state index in [4.69, 9.17) is 4.74 Å². The van der Waals surface area contributed by atoms with Gasteiger partial charge in [0, 0.05) is 30.9 Å². The van der Waals surface area contributed by atoms with Crippen molar-refractivity contribution >= 4 is 23.4 Å². The van der Waals surface area contributed by atoms with E-state index in [9.17, 15) is 9.18 Å². The Hall–Kier alpha value is -3.82. The number of methoxy groups -OCH3 is 1. The SMILES string of the molecule is COc1cc(NC(=O)N2CCCCNc3ccc(-c4cncc(F)c4)nc32)ncn1. The van der Waals surface area contributed by atoms with E-state index in [-0.39, 0.29) is 6.03 Å². The monoisotopic (exact) mass is 409 g/mol. The van der Waals surface area contributed by atoms with Gasteiger partial charge in [0.05, 0.1) is 24.7 Å². The fourth-order valence-corrected chi connectivity index (χ4v) is 3.12. The largest absolute Gasteiger partial charge is 0.481 e. The van der Waals surface area contributed by atoms with Crippen molar-refractivity contribution in [2.45, 2.75) is 12.8 Å². The van der Waals surface area contributed by atoms with Crippen LogP contribution in [-0.2, 0) is 0 Å². The fraction of sp³-hybridized carbons (Fsp3) is 0.250. The predicted molar refractivity (Wildman–Crippen MR) is 110 cm³/mol. The summed E-state index contributed by atoms with van der Waals surface area (Å²) in [5.41, 5.74) is 1.77. The van der Waals surface area contributed by atoms with Gasteiger partial charge in [-0.15, -0.1) is 0 Å². The van der Waals surface area contributed by atoms with Gasteiger partial charge in [-0.05, 0) is 31.0 Å². The van der Waals surface area contributed by atoms with Gasteiger partial charge in [-0.1, -0.05) is 0 Å². The molecule has 4 heterocycles. The van der Waals surface area contributed by atoms with E-state index in [1.54, 1.807) is 11.0 Å². The number of amides is 2. The predicted octanol–water partition coefficient (Wildman–Crippen LogP) is 3.33. The van der Waals surface area contributed by atoms with E-state index in [1.165, 1.54) is 31.8 Å². The summed E-state index contributed by atoms with van der Waals surface area (Å²) < 4.78 is 18.7. The van der Waals surface area contributed by atoms with Crippen molar-refractivity contribution in [1.29, 1.82) is 0 Å². The first-order valence-corrected chi connectivity index (χ1v) is 9.44. The van der Waals surface area contributed by atoms with Crippen molar-refractivity contribution in [2.75, 3.05) is 35.7 Å². The first kappa shape index (κ1) is 19.5. The highest BCUT2D eigenvalue weighted by molar-refractivity contribution is 6.02. The number of rotatable bonds is 3. The number of hydrogen-bond acceptors (Lipinski definition) is 7. The second-order valence-electron chi connectivity index (χ2n) is 6.62. The number of ether oxygens (including phenoxy) is 1. The quantitative estimate of drug-likeness (QED) is 0.684. The summed E-state index contributed by atoms with van der Waals surface area (Å²) in [6, 6.07) is 6.11. The average molecular weight is 409 g/mol. The minimum atomic E-state index is -0.452. The number of fused-ring (bicyclic) bond motifs is 1. The number of carbonyl (C=O) groups excluding carboxylic acids is 1. The highest BCUT2D eigenvalue weighted by atomic mass is 19.1. The molecule has 154 valence electrons. The average Bonchev–Trinajstić information content (AvgIpc) is 2.74. The summed E-state index contributed by atoms with van der Waals surface area (Å²) in [5.74, 6) is 0.657. The molecule has 10 heteroatoms. The van der Waals surface area contributed by atoms with Crippen LogP contribution in [0.3, 0.4) is 0 Å². The zero-order chi connectivity index (χ0) is 20.9. The number of carbonyl (C=O) groups is 1. The molecule has 0 saturated heterocycles. The lowest BCUT2D eigenvalue weighted by atomic mass is 10.1. The zero-order valence-corrected chi connectivity index (χ0v) is 16.3. The van der Waals surface area contributed by atoms with E-state index in [0.717, 1.165) is 31.3 Å². The summed E-state index contributed by atoms with van der Waals surface area (Å²) in [5, 5.41) is 6.06. The van der Waals surface area contributed by atoms with Crippen LogP contribution in [0.25, 0.3) is 11.3 Å². The molecule has 0 aliphatic carbocycles. The van der Waals surface area contributed by atoms with E-state index in [1.807, 2.05) is 6.07 Å². The topological polar surface area (TPSA) is 105 Å². The van der Waals surface area contributed by atoms with Gasteiger partial charge in [0.2, 0.25) is 5.88 Å². The van der Waals surface area contributed by atoms with Crippen LogP contribution in [-0.4, -0.2) is 46.2 Å². The van der Waals surface area contributed by atoms with Crippen LogP contribution in [0.1, 0.15) is 12.8 Å². The van der Waals surface area contributed by atoms with Gasteiger partial charge in [-0.3, -0.25) is 15.2 Å². The summed E-state index contributed by atoms with van der Waals surface area (Å²) in [7, 11) is 1.49. The lowest BCUT2D eigenvalue weighted by Crippen LogP contribution is -2.38. The molecule has 0 unspecified atom stereocenters. The Kier molecular flexibility index (Phi) is 5.64. The second-order valence-corrected chi connectivity index (χ2v) is 6.62. The first-order chi connectivity index (χ1) is 14.6. The Morgan fingerprint density at radius 1 is 1.23 bits per heavy atom. The van der Waals surface area contributed by atoms with Crippen LogP contribution in [0, 0.1) is 5.82 Å². The maximum Gasteiger partial charge on any atom is 0.328 e. The van der Waals surface area contributed by atoms with Gasteiger partial charge in [0.1, 0.15) is 18.0 Å². The number of anilines is 3. The molecule has 0 radical (unpaired) electrons. The van der Waals surface area contributed by atoms with Crippen molar-refractivity contribution in [1.82, 2.24) is 19.9 Å². The number of nitrogens with zero attached hydrogens (tertiary/aromatic N) is 5. The maximum absolute atomic E-state index is 13.6.